The molecular weight excluding hydrogens is 254 g/mol. The summed E-state index contributed by atoms with van der Waals surface area (Å²) in [6, 6.07) is 4.14. The van der Waals surface area contributed by atoms with Gasteiger partial charge in [0.25, 0.3) is 0 Å². The Morgan fingerprint density at radius 1 is 1.30 bits per heavy atom. The maximum absolute atomic E-state index is 6.03. The van der Waals surface area contributed by atoms with Crippen LogP contribution < -0.4 is 5.32 Å². The SMILES string of the molecule is c1cnc2c(c1)NCC21CCOC(N2CCOCC2)C1. The molecule has 1 N–H and O–H groups in total. The minimum absolute atomic E-state index is 0.151. The topological polar surface area (TPSA) is 46.6 Å². The maximum Gasteiger partial charge on any atom is 0.111 e. The number of aromatic nitrogens is 1. The van der Waals surface area contributed by atoms with Gasteiger partial charge in [0.2, 0.25) is 0 Å². The van der Waals surface area contributed by atoms with Crippen LogP contribution in [0.1, 0.15) is 18.5 Å². The Morgan fingerprint density at radius 3 is 3.10 bits per heavy atom. The van der Waals surface area contributed by atoms with Crippen LogP contribution in [-0.4, -0.2) is 55.6 Å². The van der Waals surface area contributed by atoms with E-state index >= 15 is 0 Å². The highest BCUT2D eigenvalue weighted by Gasteiger charge is 2.45. The molecule has 2 atom stereocenters. The molecular formula is C15H21N3O2. The van der Waals surface area contributed by atoms with Gasteiger partial charge in [-0.05, 0) is 18.6 Å². The maximum atomic E-state index is 6.03. The number of rotatable bonds is 1. The Hall–Kier alpha value is -1.17. The van der Waals surface area contributed by atoms with Gasteiger partial charge in [-0.3, -0.25) is 9.88 Å². The molecule has 2 fully saturated rings. The molecule has 0 saturated carbocycles. The Morgan fingerprint density at radius 2 is 2.20 bits per heavy atom. The summed E-state index contributed by atoms with van der Waals surface area (Å²) in [5, 5.41) is 3.52. The summed E-state index contributed by atoms with van der Waals surface area (Å²) < 4.78 is 11.5. The van der Waals surface area contributed by atoms with Gasteiger partial charge in [0.05, 0.1) is 24.6 Å². The molecule has 2 saturated heterocycles. The molecule has 0 amide bonds. The lowest BCUT2D eigenvalue weighted by Gasteiger charge is -2.43. The average Bonchev–Trinajstić information content (AvgIpc) is 2.87. The smallest absolute Gasteiger partial charge is 0.111 e. The minimum atomic E-state index is 0.151. The van der Waals surface area contributed by atoms with Crippen LogP contribution in [0.15, 0.2) is 18.3 Å². The number of hydrogen-bond acceptors (Lipinski definition) is 5. The summed E-state index contributed by atoms with van der Waals surface area (Å²) in [5.74, 6) is 0. The quantitative estimate of drug-likeness (QED) is 0.835. The molecule has 3 aliphatic rings. The van der Waals surface area contributed by atoms with E-state index in [2.05, 4.69) is 21.3 Å². The Balaban J connectivity index is 1.57. The molecule has 5 nitrogen and oxygen atoms in total. The molecule has 2 unspecified atom stereocenters. The number of nitrogens with one attached hydrogen (secondary N) is 1. The molecule has 1 aromatic heterocycles. The molecule has 4 rings (SSSR count). The van der Waals surface area contributed by atoms with Crippen molar-refractivity contribution in [3.05, 3.63) is 24.0 Å². The fraction of sp³-hybridized carbons (Fsp3) is 0.667. The third kappa shape index (κ3) is 2.01. The molecule has 20 heavy (non-hydrogen) atoms. The first-order valence-electron chi connectivity index (χ1n) is 7.50. The Labute approximate surface area is 119 Å². The molecule has 0 radical (unpaired) electrons. The van der Waals surface area contributed by atoms with E-state index in [1.165, 1.54) is 11.4 Å². The van der Waals surface area contributed by atoms with Crippen molar-refractivity contribution in [2.45, 2.75) is 24.5 Å². The lowest BCUT2D eigenvalue weighted by Crippen LogP contribution is -2.51. The van der Waals surface area contributed by atoms with E-state index in [0.29, 0.717) is 0 Å². The Kier molecular flexibility index (Phi) is 3.13. The second-order valence-corrected chi connectivity index (χ2v) is 5.96. The zero-order valence-corrected chi connectivity index (χ0v) is 11.7. The summed E-state index contributed by atoms with van der Waals surface area (Å²) in [7, 11) is 0. The van der Waals surface area contributed by atoms with Gasteiger partial charge in [-0.15, -0.1) is 0 Å². The predicted octanol–water partition coefficient (Wildman–Crippen LogP) is 1.21. The molecule has 1 spiro atoms. The van der Waals surface area contributed by atoms with Crippen LogP contribution in [0.4, 0.5) is 5.69 Å². The van der Waals surface area contributed by atoms with E-state index in [0.717, 1.165) is 52.3 Å². The van der Waals surface area contributed by atoms with Crippen molar-refractivity contribution in [1.29, 1.82) is 0 Å². The number of fused-ring (bicyclic) bond motifs is 2. The summed E-state index contributed by atoms with van der Waals surface area (Å²) in [6.45, 7) is 5.40. The van der Waals surface area contributed by atoms with Crippen LogP contribution in [0.5, 0.6) is 0 Å². The van der Waals surface area contributed by atoms with Gasteiger partial charge in [0.15, 0.2) is 0 Å². The summed E-state index contributed by atoms with van der Waals surface area (Å²) >= 11 is 0. The third-order valence-electron chi connectivity index (χ3n) is 4.84. The van der Waals surface area contributed by atoms with Gasteiger partial charge in [-0.2, -0.15) is 0 Å². The molecule has 3 aliphatic heterocycles. The van der Waals surface area contributed by atoms with Gasteiger partial charge >= 0.3 is 0 Å². The fourth-order valence-electron chi connectivity index (χ4n) is 3.68. The second-order valence-electron chi connectivity index (χ2n) is 5.96. The van der Waals surface area contributed by atoms with Crippen molar-refractivity contribution in [3.8, 4) is 0 Å². The van der Waals surface area contributed by atoms with E-state index in [4.69, 9.17) is 9.47 Å². The number of nitrogens with zero attached hydrogens (tertiary/aromatic N) is 2. The standard InChI is InChI=1S/C15H21N3O2/c1-2-12-14(16-4-1)15(11-17-12)3-7-20-13(10-15)18-5-8-19-9-6-18/h1-2,4,13,17H,3,5-11H2. The molecule has 4 heterocycles. The Bertz CT molecular complexity index is 486. The molecule has 0 aliphatic carbocycles. The van der Waals surface area contributed by atoms with E-state index < -0.39 is 0 Å². The lowest BCUT2D eigenvalue weighted by atomic mass is 9.77. The number of anilines is 1. The van der Waals surface area contributed by atoms with Crippen molar-refractivity contribution in [2.24, 2.45) is 0 Å². The van der Waals surface area contributed by atoms with Crippen molar-refractivity contribution in [3.63, 3.8) is 0 Å². The number of hydrogen-bond donors (Lipinski definition) is 1. The minimum Gasteiger partial charge on any atom is -0.383 e. The molecule has 0 aromatic carbocycles. The molecule has 5 heteroatoms. The first kappa shape index (κ1) is 12.6. The van der Waals surface area contributed by atoms with Gasteiger partial charge in [-0.25, -0.2) is 0 Å². The summed E-state index contributed by atoms with van der Waals surface area (Å²) in [5.41, 5.74) is 2.59. The van der Waals surface area contributed by atoms with Crippen molar-refractivity contribution in [2.75, 3.05) is 44.8 Å². The summed E-state index contributed by atoms with van der Waals surface area (Å²) in [4.78, 5) is 7.08. The fourth-order valence-corrected chi connectivity index (χ4v) is 3.68. The second kappa shape index (κ2) is 4.98. The van der Waals surface area contributed by atoms with Gasteiger partial charge in [-0.1, -0.05) is 0 Å². The van der Waals surface area contributed by atoms with Gasteiger partial charge in [0, 0.05) is 44.3 Å². The third-order valence-corrected chi connectivity index (χ3v) is 4.84. The van der Waals surface area contributed by atoms with Gasteiger partial charge in [0.1, 0.15) is 6.23 Å². The first-order valence-corrected chi connectivity index (χ1v) is 7.50. The van der Waals surface area contributed by atoms with Crippen molar-refractivity contribution < 1.29 is 9.47 Å². The van der Waals surface area contributed by atoms with Crippen LogP contribution >= 0.6 is 0 Å². The molecule has 1 aromatic rings. The highest BCUT2D eigenvalue weighted by Crippen LogP contribution is 2.44. The predicted molar refractivity (Wildman–Crippen MR) is 75.8 cm³/mol. The highest BCUT2D eigenvalue weighted by molar-refractivity contribution is 5.57. The molecule has 108 valence electrons. The number of pyridine rings is 1. The number of morpholine rings is 1. The van der Waals surface area contributed by atoms with E-state index in [1.54, 1.807) is 0 Å². The van der Waals surface area contributed by atoms with Crippen LogP contribution in [-0.2, 0) is 14.9 Å². The molecule has 0 bridgehead atoms. The van der Waals surface area contributed by atoms with Crippen LogP contribution in [0.2, 0.25) is 0 Å². The lowest BCUT2D eigenvalue weighted by molar-refractivity contribution is -0.131. The zero-order valence-electron chi connectivity index (χ0n) is 11.7. The van der Waals surface area contributed by atoms with E-state index in [1.807, 2.05) is 12.3 Å². The van der Waals surface area contributed by atoms with E-state index in [9.17, 15) is 0 Å². The van der Waals surface area contributed by atoms with E-state index in [-0.39, 0.29) is 11.6 Å². The largest absolute Gasteiger partial charge is 0.383 e. The first-order chi connectivity index (χ1) is 9.87. The normalized spacial score (nSPS) is 33.9. The van der Waals surface area contributed by atoms with Crippen molar-refractivity contribution in [1.82, 2.24) is 9.88 Å². The summed E-state index contributed by atoms with van der Waals surface area (Å²) in [6.07, 6.45) is 4.21. The van der Waals surface area contributed by atoms with Gasteiger partial charge < -0.3 is 14.8 Å². The van der Waals surface area contributed by atoms with Crippen LogP contribution in [0, 0.1) is 0 Å². The number of ether oxygens (including phenoxy) is 2. The van der Waals surface area contributed by atoms with Crippen LogP contribution in [0.25, 0.3) is 0 Å². The zero-order chi connectivity index (χ0) is 13.4. The van der Waals surface area contributed by atoms with Crippen LogP contribution in [0.3, 0.4) is 0 Å². The highest BCUT2D eigenvalue weighted by atomic mass is 16.5. The average molecular weight is 275 g/mol. The monoisotopic (exact) mass is 275 g/mol. The van der Waals surface area contributed by atoms with Crippen molar-refractivity contribution >= 4 is 5.69 Å².